The van der Waals surface area contributed by atoms with Crippen molar-refractivity contribution in [2.24, 2.45) is 0 Å². The van der Waals surface area contributed by atoms with Crippen molar-refractivity contribution in [2.75, 3.05) is 13.7 Å². The third-order valence-electron chi connectivity index (χ3n) is 3.20. The lowest BCUT2D eigenvalue weighted by atomic mass is 10.2. The van der Waals surface area contributed by atoms with E-state index < -0.39 is 9.84 Å². The predicted octanol–water partition coefficient (Wildman–Crippen LogP) is 4.15. The molecule has 0 aliphatic heterocycles. The Morgan fingerprint density at radius 1 is 1.00 bits per heavy atom. The normalized spacial score (nSPS) is 11.9. The summed E-state index contributed by atoms with van der Waals surface area (Å²) < 4.78 is 34.9. The molecule has 2 rings (SSSR count). The molecule has 0 N–H and O–H groups in total. The van der Waals surface area contributed by atoms with Crippen molar-refractivity contribution in [3.63, 3.8) is 0 Å². The van der Waals surface area contributed by atoms with E-state index in [4.69, 9.17) is 9.47 Å². The Labute approximate surface area is 143 Å². The van der Waals surface area contributed by atoms with Gasteiger partial charge in [-0.1, -0.05) is 30.3 Å². The second kappa shape index (κ2) is 8.36. The van der Waals surface area contributed by atoms with Gasteiger partial charge in [-0.3, -0.25) is 0 Å². The second-order valence-electron chi connectivity index (χ2n) is 4.94. The first-order valence-corrected chi connectivity index (χ1v) is 9.12. The number of rotatable bonds is 7. The standard InChI is InChI=1S/C19H20O4S/c1-3-23-18-10-9-17(19(15-18)22-2)12-14-24(20,21)13-11-16-7-5-4-6-8-16/h4-15H,3H2,1-2H3/b13-11+,14-12+. The van der Waals surface area contributed by atoms with Crippen molar-refractivity contribution in [1.29, 1.82) is 0 Å². The van der Waals surface area contributed by atoms with Crippen LogP contribution in [0.3, 0.4) is 0 Å². The molecule has 24 heavy (non-hydrogen) atoms. The Morgan fingerprint density at radius 2 is 1.71 bits per heavy atom. The van der Waals surface area contributed by atoms with Gasteiger partial charge in [0.1, 0.15) is 11.5 Å². The van der Waals surface area contributed by atoms with Crippen LogP contribution in [0.5, 0.6) is 11.5 Å². The van der Waals surface area contributed by atoms with Gasteiger partial charge in [0.25, 0.3) is 0 Å². The molecule has 0 aliphatic rings. The van der Waals surface area contributed by atoms with Crippen molar-refractivity contribution >= 4 is 22.0 Å². The first kappa shape index (κ1) is 17.8. The summed E-state index contributed by atoms with van der Waals surface area (Å²) in [5.41, 5.74) is 1.49. The minimum absolute atomic E-state index is 0.553. The summed E-state index contributed by atoms with van der Waals surface area (Å²) in [7, 11) is -1.94. The molecule has 0 radical (unpaired) electrons. The first-order valence-electron chi connectivity index (χ1n) is 7.51. The number of sulfone groups is 1. The van der Waals surface area contributed by atoms with Crippen molar-refractivity contribution in [1.82, 2.24) is 0 Å². The highest BCUT2D eigenvalue weighted by molar-refractivity contribution is 7.97. The van der Waals surface area contributed by atoms with Crippen molar-refractivity contribution in [3.05, 3.63) is 70.5 Å². The molecule has 2 aromatic rings. The minimum Gasteiger partial charge on any atom is -0.496 e. The molecular formula is C19H20O4S. The summed E-state index contributed by atoms with van der Waals surface area (Å²) >= 11 is 0. The maximum absolute atomic E-state index is 12.1. The molecule has 2 aromatic carbocycles. The quantitative estimate of drug-likeness (QED) is 0.757. The second-order valence-corrected chi connectivity index (χ2v) is 6.66. The van der Waals surface area contributed by atoms with E-state index in [9.17, 15) is 8.42 Å². The Hall–Kier alpha value is -2.53. The first-order chi connectivity index (χ1) is 11.5. The number of methoxy groups -OCH3 is 1. The lowest BCUT2D eigenvalue weighted by Crippen LogP contribution is -1.94. The van der Waals surface area contributed by atoms with Crippen LogP contribution in [0.15, 0.2) is 59.3 Å². The minimum atomic E-state index is -3.47. The molecule has 126 valence electrons. The zero-order valence-electron chi connectivity index (χ0n) is 13.7. The number of ether oxygens (including phenoxy) is 2. The van der Waals surface area contributed by atoms with Crippen LogP contribution in [0.2, 0.25) is 0 Å². The van der Waals surface area contributed by atoms with E-state index >= 15 is 0 Å². The van der Waals surface area contributed by atoms with Gasteiger partial charge < -0.3 is 9.47 Å². The summed E-state index contributed by atoms with van der Waals surface area (Å²) in [6.07, 6.45) is 3.08. The molecule has 0 aromatic heterocycles. The number of hydrogen-bond acceptors (Lipinski definition) is 4. The Balaban J connectivity index is 2.18. The van der Waals surface area contributed by atoms with Crippen LogP contribution in [-0.2, 0) is 9.84 Å². The monoisotopic (exact) mass is 344 g/mol. The molecule has 4 nitrogen and oxygen atoms in total. The number of hydrogen-bond donors (Lipinski definition) is 0. The zero-order valence-corrected chi connectivity index (χ0v) is 14.5. The van der Waals surface area contributed by atoms with Crippen molar-refractivity contribution < 1.29 is 17.9 Å². The number of benzene rings is 2. The van der Waals surface area contributed by atoms with E-state index in [1.54, 1.807) is 24.3 Å². The highest BCUT2D eigenvalue weighted by Crippen LogP contribution is 2.26. The maximum atomic E-state index is 12.1. The summed E-state index contributed by atoms with van der Waals surface area (Å²) in [6, 6.07) is 14.5. The van der Waals surface area contributed by atoms with Gasteiger partial charge in [-0.25, -0.2) is 8.42 Å². The zero-order chi connectivity index (χ0) is 17.4. The fourth-order valence-corrected chi connectivity index (χ4v) is 2.81. The van der Waals surface area contributed by atoms with E-state index in [2.05, 4.69) is 0 Å². The fourth-order valence-electron chi connectivity index (χ4n) is 2.04. The van der Waals surface area contributed by atoms with E-state index in [1.165, 1.54) is 18.6 Å². The molecule has 0 atom stereocenters. The highest BCUT2D eigenvalue weighted by Gasteiger charge is 2.05. The van der Waals surface area contributed by atoms with Gasteiger partial charge in [0.05, 0.1) is 13.7 Å². The molecule has 0 amide bonds. The Morgan fingerprint density at radius 3 is 2.38 bits per heavy atom. The van der Waals surface area contributed by atoms with Gasteiger partial charge in [0.2, 0.25) is 0 Å². The van der Waals surface area contributed by atoms with Crippen LogP contribution in [0.4, 0.5) is 0 Å². The average Bonchev–Trinajstić information content (AvgIpc) is 2.60. The topological polar surface area (TPSA) is 52.6 Å². The van der Waals surface area contributed by atoms with Crippen LogP contribution in [-0.4, -0.2) is 22.1 Å². The van der Waals surface area contributed by atoms with Crippen LogP contribution in [0, 0.1) is 0 Å². The third kappa shape index (κ3) is 5.28. The van der Waals surface area contributed by atoms with Gasteiger partial charge in [0.15, 0.2) is 9.84 Å². The molecule has 0 heterocycles. The summed E-state index contributed by atoms with van der Waals surface area (Å²) in [5.74, 6) is 1.23. The van der Waals surface area contributed by atoms with E-state index in [-0.39, 0.29) is 0 Å². The molecule has 5 heteroatoms. The van der Waals surface area contributed by atoms with E-state index in [1.807, 2.05) is 37.3 Å². The van der Waals surface area contributed by atoms with Gasteiger partial charge in [-0.15, -0.1) is 0 Å². The molecule has 0 unspecified atom stereocenters. The highest BCUT2D eigenvalue weighted by atomic mass is 32.2. The smallest absolute Gasteiger partial charge is 0.193 e. The van der Waals surface area contributed by atoms with Crippen LogP contribution in [0.25, 0.3) is 12.2 Å². The Bertz CT molecular complexity index is 822. The predicted molar refractivity (Wildman–Crippen MR) is 97.6 cm³/mol. The lowest BCUT2D eigenvalue weighted by Gasteiger charge is -2.08. The largest absolute Gasteiger partial charge is 0.496 e. The van der Waals surface area contributed by atoms with Crippen LogP contribution >= 0.6 is 0 Å². The average molecular weight is 344 g/mol. The SMILES string of the molecule is CCOc1ccc(/C=C/S(=O)(=O)/C=C/c2ccccc2)c(OC)c1. The third-order valence-corrected chi connectivity index (χ3v) is 4.23. The Kier molecular flexibility index (Phi) is 6.21. The van der Waals surface area contributed by atoms with E-state index in [0.29, 0.717) is 23.7 Å². The van der Waals surface area contributed by atoms with Gasteiger partial charge >= 0.3 is 0 Å². The molecule has 0 saturated carbocycles. The van der Waals surface area contributed by atoms with Gasteiger partial charge in [-0.2, -0.15) is 0 Å². The molecule has 0 spiro atoms. The van der Waals surface area contributed by atoms with E-state index in [0.717, 1.165) is 11.0 Å². The summed E-state index contributed by atoms with van der Waals surface area (Å²) in [6.45, 7) is 2.45. The van der Waals surface area contributed by atoms with Crippen LogP contribution < -0.4 is 9.47 Å². The molecule has 0 aliphatic carbocycles. The molecule has 0 bridgehead atoms. The maximum Gasteiger partial charge on any atom is 0.193 e. The summed E-state index contributed by atoms with van der Waals surface area (Å²) in [5, 5.41) is 2.34. The lowest BCUT2D eigenvalue weighted by molar-refractivity contribution is 0.336. The molecular weight excluding hydrogens is 324 g/mol. The fraction of sp³-hybridized carbons (Fsp3) is 0.158. The van der Waals surface area contributed by atoms with Crippen molar-refractivity contribution in [2.45, 2.75) is 6.92 Å². The molecule has 0 saturated heterocycles. The van der Waals surface area contributed by atoms with Gasteiger partial charge in [-0.05, 0) is 36.8 Å². The van der Waals surface area contributed by atoms with Gasteiger partial charge in [0, 0.05) is 22.4 Å². The summed E-state index contributed by atoms with van der Waals surface area (Å²) in [4.78, 5) is 0. The molecule has 0 fully saturated rings. The van der Waals surface area contributed by atoms with Crippen molar-refractivity contribution in [3.8, 4) is 11.5 Å². The van der Waals surface area contributed by atoms with Crippen LogP contribution in [0.1, 0.15) is 18.1 Å².